The first kappa shape index (κ1) is 14.6. The zero-order valence-electron chi connectivity index (χ0n) is 8.67. The van der Waals surface area contributed by atoms with Gasteiger partial charge in [0.25, 0.3) is 0 Å². The third-order valence-corrected chi connectivity index (χ3v) is 1.11. The molecule has 0 rings (SSSR count). The van der Waals surface area contributed by atoms with Gasteiger partial charge in [-0.05, 0) is 18.7 Å². The van der Waals surface area contributed by atoms with Crippen LogP contribution in [0.3, 0.4) is 0 Å². The predicted molar refractivity (Wildman–Crippen MR) is 60.5 cm³/mol. The fraction of sp³-hybridized carbons (Fsp3) is 0.750. The number of quaternary nitrogens is 1. The third kappa shape index (κ3) is 50.0. The van der Waals surface area contributed by atoms with E-state index >= 15 is 0 Å². The molecule has 0 heterocycles. The maximum absolute atomic E-state index is 10.1. The lowest BCUT2D eigenvalue weighted by atomic mass is 10.8. The largest absolute Gasteiger partial charge is 0.333 e. The van der Waals surface area contributed by atoms with Crippen LogP contribution in [0.5, 0.6) is 0 Å². The van der Waals surface area contributed by atoms with Crippen LogP contribution in [0, 0.1) is 0 Å². The molecule has 0 atom stereocenters. The minimum absolute atomic E-state index is 0.0625. The van der Waals surface area contributed by atoms with Gasteiger partial charge in [0.1, 0.15) is 0 Å². The van der Waals surface area contributed by atoms with E-state index in [-0.39, 0.29) is 5.12 Å². The summed E-state index contributed by atoms with van der Waals surface area (Å²) < 4.78 is 1.69. The number of nitrogens with zero attached hydrogens (tertiary/aromatic N) is 1. The normalized spacial score (nSPS) is 9.83. The van der Waals surface area contributed by atoms with Gasteiger partial charge in [0.05, 0.1) is 32.4 Å². The molecule has 0 aliphatic carbocycles. The molecule has 0 aliphatic rings. The van der Waals surface area contributed by atoms with E-state index in [2.05, 4.69) is 40.4 Å². The highest BCUT2D eigenvalue weighted by Gasteiger charge is 1.91. The summed E-state index contributed by atoms with van der Waals surface area (Å²) in [7, 11) is 8.50. The Morgan fingerprint density at radius 2 is 1.42 bits per heavy atom. The Balaban J connectivity index is 0. The maximum atomic E-state index is 10.1. The Labute approximate surface area is 84.9 Å². The molecule has 0 amide bonds. The molecule has 0 saturated carbocycles. The van der Waals surface area contributed by atoms with Crippen LogP contribution in [-0.4, -0.2) is 42.0 Å². The zero-order valence-corrected chi connectivity index (χ0v) is 10.3. The van der Waals surface area contributed by atoms with Crippen molar-refractivity contribution in [2.45, 2.75) is 13.8 Å². The van der Waals surface area contributed by atoms with E-state index in [1.807, 2.05) is 0 Å². The Hall–Kier alpha value is 0.0700. The van der Waals surface area contributed by atoms with Crippen molar-refractivity contribution < 1.29 is 9.28 Å². The van der Waals surface area contributed by atoms with Crippen LogP contribution >= 0.6 is 24.0 Å². The summed E-state index contributed by atoms with van der Waals surface area (Å²) in [6.45, 7) is 3.24. The van der Waals surface area contributed by atoms with Crippen molar-refractivity contribution in [1.29, 1.82) is 0 Å². The number of thioether (sulfide) groups is 1. The molecule has 0 aliphatic heterocycles. The van der Waals surface area contributed by atoms with Gasteiger partial charge < -0.3 is 4.48 Å². The summed E-state index contributed by atoms with van der Waals surface area (Å²) in [5.74, 6) is 0. The topological polar surface area (TPSA) is 17.1 Å². The fourth-order valence-electron chi connectivity index (χ4n) is 0.202. The van der Waals surface area contributed by atoms with Crippen molar-refractivity contribution in [3.8, 4) is 0 Å². The average Bonchev–Trinajstić information content (AvgIpc) is 1.52. The number of rotatable bonds is 0. The highest BCUT2D eigenvalue weighted by molar-refractivity contribution is 8.32. The van der Waals surface area contributed by atoms with Crippen molar-refractivity contribution in [2.75, 3.05) is 28.2 Å². The van der Waals surface area contributed by atoms with Gasteiger partial charge in [-0.25, -0.2) is 0 Å². The number of thiocarbonyl (C=S) groups is 1. The second-order valence-electron chi connectivity index (χ2n) is 3.77. The van der Waals surface area contributed by atoms with E-state index in [0.29, 0.717) is 4.20 Å². The first-order chi connectivity index (χ1) is 5.13. The quantitative estimate of drug-likeness (QED) is 0.447. The molecule has 0 aromatic carbocycles. The van der Waals surface area contributed by atoms with Gasteiger partial charge in [-0.1, -0.05) is 12.2 Å². The SMILES string of the molecule is CC(=O)SC(C)=S.C[N+](C)(C)C. The van der Waals surface area contributed by atoms with E-state index in [1.165, 1.54) is 6.92 Å². The Kier molecular flexibility index (Phi) is 7.99. The number of carbonyl (C=O) groups excluding carboxylic acids is 1. The van der Waals surface area contributed by atoms with Crippen LogP contribution in [0.1, 0.15) is 13.8 Å². The average molecular weight is 208 g/mol. The lowest BCUT2D eigenvalue weighted by Gasteiger charge is -2.14. The molecule has 12 heavy (non-hydrogen) atoms. The smallest absolute Gasteiger partial charge is 0.191 e. The van der Waals surface area contributed by atoms with E-state index in [9.17, 15) is 4.79 Å². The van der Waals surface area contributed by atoms with Crippen molar-refractivity contribution >= 4 is 33.3 Å². The highest BCUT2D eigenvalue weighted by atomic mass is 32.2. The van der Waals surface area contributed by atoms with Gasteiger partial charge >= 0.3 is 0 Å². The molecular weight excluding hydrogens is 190 g/mol. The molecule has 0 saturated heterocycles. The maximum Gasteiger partial charge on any atom is 0.191 e. The molecular formula is C8H18NOS2+. The summed E-state index contributed by atoms with van der Waals surface area (Å²) in [6, 6.07) is 0. The Morgan fingerprint density at radius 3 is 1.42 bits per heavy atom. The molecule has 0 N–H and O–H groups in total. The summed E-state index contributed by atoms with van der Waals surface area (Å²) in [5.41, 5.74) is 0. The molecule has 0 aromatic rings. The minimum Gasteiger partial charge on any atom is -0.333 e. The fourth-order valence-corrected chi connectivity index (χ4v) is 0.959. The lowest BCUT2D eigenvalue weighted by molar-refractivity contribution is -0.849. The summed E-state index contributed by atoms with van der Waals surface area (Å²) in [6.07, 6.45) is 0. The van der Waals surface area contributed by atoms with Crippen LogP contribution in [0.2, 0.25) is 0 Å². The molecule has 0 fully saturated rings. The van der Waals surface area contributed by atoms with E-state index in [0.717, 1.165) is 16.2 Å². The second-order valence-corrected chi connectivity index (χ2v) is 6.03. The zero-order chi connectivity index (χ0) is 10.4. The third-order valence-electron chi connectivity index (χ3n) is 0.287. The minimum atomic E-state index is 0.0625. The Morgan fingerprint density at radius 1 is 1.17 bits per heavy atom. The van der Waals surface area contributed by atoms with Gasteiger partial charge in [-0.3, -0.25) is 4.79 Å². The number of hydrogen-bond acceptors (Lipinski definition) is 3. The van der Waals surface area contributed by atoms with Crippen molar-refractivity contribution in [2.24, 2.45) is 0 Å². The number of hydrogen-bond donors (Lipinski definition) is 0. The predicted octanol–water partition coefficient (Wildman–Crippen LogP) is 1.94. The van der Waals surface area contributed by atoms with Crippen LogP contribution in [0.25, 0.3) is 0 Å². The second kappa shape index (κ2) is 6.57. The van der Waals surface area contributed by atoms with Gasteiger partial charge in [0.2, 0.25) is 0 Å². The first-order valence-corrected chi connectivity index (χ1v) is 4.83. The summed E-state index contributed by atoms with van der Waals surface area (Å²) in [4.78, 5) is 10.1. The first-order valence-electron chi connectivity index (χ1n) is 3.61. The molecule has 2 nitrogen and oxygen atoms in total. The molecule has 72 valence electrons. The molecule has 0 spiro atoms. The van der Waals surface area contributed by atoms with E-state index in [4.69, 9.17) is 0 Å². The van der Waals surface area contributed by atoms with Crippen molar-refractivity contribution in [3.05, 3.63) is 0 Å². The molecule has 0 unspecified atom stereocenters. The molecule has 0 aromatic heterocycles. The van der Waals surface area contributed by atoms with Crippen LogP contribution in [0.15, 0.2) is 0 Å². The van der Waals surface area contributed by atoms with Gasteiger partial charge in [0.15, 0.2) is 5.12 Å². The number of carbonyl (C=O) groups is 1. The van der Waals surface area contributed by atoms with E-state index < -0.39 is 0 Å². The van der Waals surface area contributed by atoms with Gasteiger partial charge in [-0.2, -0.15) is 0 Å². The van der Waals surface area contributed by atoms with E-state index in [1.54, 1.807) is 6.92 Å². The summed E-state index contributed by atoms with van der Waals surface area (Å²) >= 11 is 5.72. The van der Waals surface area contributed by atoms with Crippen molar-refractivity contribution in [1.82, 2.24) is 0 Å². The Bertz CT molecular complexity index is 143. The molecule has 0 bridgehead atoms. The standard InChI is InChI=1S/C4H12N.C4H6OS2/c1-5(2,3)4;1-3(5)7-4(2)6/h1-4H3;1-2H3/q+1;. The lowest BCUT2D eigenvalue weighted by Crippen LogP contribution is -2.27. The highest BCUT2D eigenvalue weighted by Crippen LogP contribution is 2.02. The molecule has 4 heteroatoms. The van der Waals surface area contributed by atoms with Gasteiger partial charge in [0, 0.05) is 6.92 Å². The van der Waals surface area contributed by atoms with Gasteiger partial charge in [-0.15, -0.1) is 0 Å². The van der Waals surface area contributed by atoms with Crippen LogP contribution in [-0.2, 0) is 4.79 Å². The van der Waals surface area contributed by atoms with Crippen molar-refractivity contribution in [3.63, 3.8) is 0 Å². The van der Waals surface area contributed by atoms with Crippen LogP contribution < -0.4 is 0 Å². The molecule has 0 radical (unpaired) electrons. The van der Waals surface area contributed by atoms with Crippen LogP contribution in [0.4, 0.5) is 0 Å². The summed E-state index contributed by atoms with van der Waals surface area (Å²) in [5, 5.41) is 0.0625. The monoisotopic (exact) mass is 208 g/mol.